The highest BCUT2D eigenvalue weighted by Gasteiger charge is 2.49. The van der Waals surface area contributed by atoms with Gasteiger partial charge in [0.1, 0.15) is 12.2 Å². The zero-order valence-electron chi connectivity index (χ0n) is 12.8. The Balaban J connectivity index is 1.72. The van der Waals surface area contributed by atoms with E-state index in [1.54, 1.807) is 0 Å². The zero-order chi connectivity index (χ0) is 17.7. The average molecular weight is 347 g/mol. The smallest absolute Gasteiger partial charge is 0.303 e. The van der Waals surface area contributed by atoms with Crippen LogP contribution in [0.3, 0.4) is 0 Å². The molecule has 1 unspecified atom stereocenters. The Kier molecular flexibility index (Phi) is 5.87. The lowest BCUT2D eigenvalue weighted by Crippen LogP contribution is -2.48. The second-order valence-corrected chi connectivity index (χ2v) is 5.19. The molecule has 134 valence electrons. The van der Waals surface area contributed by atoms with Crippen LogP contribution in [0.2, 0.25) is 0 Å². The number of hydrogen-bond donors (Lipinski definition) is 2. The summed E-state index contributed by atoms with van der Waals surface area (Å²) >= 11 is 0. The van der Waals surface area contributed by atoms with Crippen molar-refractivity contribution in [2.75, 3.05) is 26.4 Å². The lowest BCUT2D eigenvalue weighted by atomic mass is 10.1. The monoisotopic (exact) mass is 347 g/mol. The van der Waals surface area contributed by atoms with Gasteiger partial charge in [-0.25, -0.2) is 0 Å². The maximum Gasteiger partial charge on any atom is 0.303 e. The van der Waals surface area contributed by atoms with Gasteiger partial charge in [-0.1, -0.05) is 0 Å². The molecule has 2 aliphatic rings. The fourth-order valence-electron chi connectivity index (χ4n) is 2.44. The summed E-state index contributed by atoms with van der Waals surface area (Å²) in [7, 11) is 0. The van der Waals surface area contributed by atoms with Crippen LogP contribution in [-0.4, -0.2) is 73.6 Å². The molecule has 2 saturated heterocycles. The van der Waals surface area contributed by atoms with Crippen molar-refractivity contribution in [3.8, 4) is 0 Å². The van der Waals surface area contributed by atoms with E-state index in [0.717, 1.165) is 6.92 Å². The number of ether oxygens (including phenoxy) is 3. The molecule has 0 aromatic rings. The molecule has 2 amide bonds. The molecule has 0 aliphatic carbocycles. The molecule has 0 aromatic heterocycles. The predicted molar refractivity (Wildman–Crippen MR) is 72.9 cm³/mol. The Morgan fingerprint density at radius 3 is 2.58 bits per heavy atom. The van der Waals surface area contributed by atoms with Crippen LogP contribution in [0.25, 0.3) is 0 Å². The van der Waals surface area contributed by atoms with Crippen molar-refractivity contribution >= 4 is 17.8 Å². The molecule has 12 heteroatoms. The standard InChI is InChI=1S/C12H17N3O9/c1-6(16)21-5-10(18)13-2-9(17)14-7-3-22-12-8(24-15(19)20)4-23-11(7)12/h7-8,11-12H,2-5H2,1H3,(H,13,18)(H,14,17)/t7-,8?,11+,12+/m0/s1. The number of amides is 2. The summed E-state index contributed by atoms with van der Waals surface area (Å²) in [6, 6.07) is -0.506. The van der Waals surface area contributed by atoms with Gasteiger partial charge in [-0.2, -0.15) is 0 Å². The van der Waals surface area contributed by atoms with E-state index >= 15 is 0 Å². The third kappa shape index (κ3) is 4.76. The van der Waals surface area contributed by atoms with Gasteiger partial charge in [0, 0.05) is 6.92 Å². The molecule has 24 heavy (non-hydrogen) atoms. The highest BCUT2D eigenvalue weighted by atomic mass is 17.0. The highest BCUT2D eigenvalue weighted by molar-refractivity contribution is 5.86. The number of nitrogens with one attached hydrogen (secondary N) is 2. The molecule has 2 heterocycles. The van der Waals surface area contributed by atoms with Crippen LogP contribution < -0.4 is 10.6 Å². The Hall–Kier alpha value is -2.47. The maximum absolute atomic E-state index is 11.8. The van der Waals surface area contributed by atoms with Crippen molar-refractivity contribution in [3.05, 3.63) is 10.1 Å². The van der Waals surface area contributed by atoms with Gasteiger partial charge in [-0.15, -0.1) is 10.1 Å². The van der Waals surface area contributed by atoms with E-state index < -0.39 is 53.8 Å². The van der Waals surface area contributed by atoms with E-state index in [4.69, 9.17) is 9.47 Å². The number of fused-ring (bicyclic) bond motifs is 1. The molecule has 0 bridgehead atoms. The minimum absolute atomic E-state index is 0.0121. The number of rotatable bonds is 7. The molecule has 2 rings (SSSR count). The van der Waals surface area contributed by atoms with Crippen molar-refractivity contribution in [1.82, 2.24) is 10.6 Å². The summed E-state index contributed by atoms with van der Waals surface area (Å²) in [6.45, 7) is 0.474. The van der Waals surface area contributed by atoms with Crippen LogP contribution in [0, 0.1) is 10.1 Å². The van der Waals surface area contributed by atoms with Gasteiger partial charge in [-0.3, -0.25) is 14.4 Å². The third-order valence-electron chi connectivity index (χ3n) is 3.43. The molecule has 12 nitrogen and oxygen atoms in total. The minimum atomic E-state index is -0.912. The van der Waals surface area contributed by atoms with Crippen LogP contribution in [0.4, 0.5) is 0 Å². The van der Waals surface area contributed by atoms with Gasteiger partial charge in [0.05, 0.1) is 25.8 Å². The van der Waals surface area contributed by atoms with Crippen LogP contribution in [0.1, 0.15) is 6.92 Å². The molecule has 2 N–H and O–H groups in total. The highest BCUT2D eigenvalue weighted by Crippen LogP contribution is 2.28. The lowest BCUT2D eigenvalue weighted by molar-refractivity contribution is -0.769. The minimum Gasteiger partial charge on any atom is -0.456 e. The first kappa shape index (κ1) is 17.9. The Labute approximate surface area is 135 Å². The fraction of sp³-hybridized carbons (Fsp3) is 0.750. The molecule has 0 radical (unpaired) electrons. The molecule has 2 aliphatic heterocycles. The van der Waals surface area contributed by atoms with Crippen molar-refractivity contribution in [3.63, 3.8) is 0 Å². The van der Waals surface area contributed by atoms with E-state index in [1.165, 1.54) is 0 Å². The zero-order valence-corrected chi connectivity index (χ0v) is 12.8. The molecule has 4 atom stereocenters. The molecule has 0 aromatic carbocycles. The van der Waals surface area contributed by atoms with Crippen molar-refractivity contribution in [1.29, 1.82) is 0 Å². The molecular formula is C12H17N3O9. The van der Waals surface area contributed by atoms with Gasteiger partial charge in [0.2, 0.25) is 5.91 Å². The second kappa shape index (κ2) is 7.88. The SMILES string of the molecule is CC(=O)OCC(=O)NCC(=O)N[C@H]1CO[C@@H]2C(O[N+](=O)[O-])CO[C@H]12. The molecule has 2 fully saturated rings. The first-order chi connectivity index (χ1) is 11.4. The summed E-state index contributed by atoms with van der Waals surface area (Å²) in [6.07, 6.45) is -2.04. The number of esters is 1. The molecular weight excluding hydrogens is 330 g/mol. The molecule has 0 saturated carbocycles. The van der Waals surface area contributed by atoms with E-state index in [9.17, 15) is 24.5 Å². The molecule has 0 spiro atoms. The summed E-state index contributed by atoms with van der Waals surface area (Å²) in [5.41, 5.74) is 0. The van der Waals surface area contributed by atoms with Crippen LogP contribution >= 0.6 is 0 Å². The van der Waals surface area contributed by atoms with Gasteiger partial charge in [0.15, 0.2) is 12.7 Å². The lowest BCUT2D eigenvalue weighted by Gasteiger charge is -2.17. The van der Waals surface area contributed by atoms with E-state index in [-0.39, 0.29) is 19.8 Å². The Morgan fingerprint density at radius 1 is 1.21 bits per heavy atom. The van der Waals surface area contributed by atoms with Crippen LogP contribution in [-0.2, 0) is 33.4 Å². The summed E-state index contributed by atoms with van der Waals surface area (Å²) in [5.74, 6) is -1.71. The largest absolute Gasteiger partial charge is 0.456 e. The first-order valence-electron chi connectivity index (χ1n) is 7.10. The quantitative estimate of drug-likeness (QED) is 0.289. The number of carbonyl (C=O) groups is 3. The van der Waals surface area contributed by atoms with Crippen molar-refractivity contribution < 1.29 is 38.5 Å². The summed E-state index contributed by atoms with van der Waals surface area (Å²) in [5, 5.41) is 14.4. The van der Waals surface area contributed by atoms with Gasteiger partial charge >= 0.3 is 5.97 Å². The van der Waals surface area contributed by atoms with Crippen LogP contribution in [0.5, 0.6) is 0 Å². The Morgan fingerprint density at radius 2 is 1.92 bits per heavy atom. The van der Waals surface area contributed by atoms with Crippen molar-refractivity contribution in [2.45, 2.75) is 31.3 Å². The van der Waals surface area contributed by atoms with E-state index in [2.05, 4.69) is 20.2 Å². The van der Waals surface area contributed by atoms with Gasteiger partial charge in [-0.05, 0) is 0 Å². The van der Waals surface area contributed by atoms with Gasteiger partial charge < -0.3 is 29.7 Å². The van der Waals surface area contributed by atoms with Gasteiger partial charge in [0.25, 0.3) is 11.0 Å². The average Bonchev–Trinajstić information content (AvgIpc) is 3.07. The van der Waals surface area contributed by atoms with Crippen LogP contribution in [0.15, 0.2) is 0 Å². The number of carbonyl (C=O) groups excluding carboxylic acids is 3. The second-order valence-electron chi connectivity index (χ2n) is 5.19. The maximum atomic E-state index is 11.8. The topological polar surface area (TPSA) is 155 Å². The predicted octanol–water partition coefficient (Wildman–Crippen LogP) is -2.47. The Bertz CT molecular complexity index is 526. The first-order valence-corrected chi connectivity index (χ1v) is 7.10. The van der Waals surface area contributed by atoms with Crippen molar-refractivity contribution in [2.24, 2.45) is 0 Å². The fourth-order valence-corrected chi connectivity index (χ4v) is 2.44. The number of hydrogen-bond acceptors (Lipinski definition) is 9. The summed E-state index contributed by atoms with van der Waals surface area (Å²) < 4.78 is 15.2. The number of nitrogens with zero attached hydrogens (tertiary/aromatic N) is 1. The summed E-state index contributed by atoms with van der Waals surface area (Å²) in [4.78, 5) is 48.5. The van der Waals surface area contributed by atoms with E-state index in [0.29, 0.717) is 0 Å². The normalized spacial score (nSPS) is 27.9. The van der Waals surface area contributed by atoms with E-state index in [1.807, 2.05) is 0 Å². The third-order valence-corrected chi connectivity index (χ3v) is 3.43.